The number of rotatable bonds is 5. The van der Waals surface area contributed by atoms with Gasteiger partial charge in [0.25, 0.3) is 0 Å². The quantitative estimate of drug-likeness (QED) is 0.890. The number of aryl methyl sites for hydroxylation is 2. The fraction of sp³-hybridized carbons (Fsp3) is 0.500. The second-order valence-electron chi connectivity index (χ2n) is 5.51. The highest BCUT2D eigenvalue weighted by molar-refractivity contribution is 7.89. The van der Waals surface area contributed by atoms with Gasteiger partial charge in [-0.1, -0.05) is 0 Å². The normalized spacial score (nSPS) is 15.1. The minimum atomic E-state index is -3.86. The van der Waals surface area contributed by atoms with Crippen LogP contribution in [0.15, 0.2) is 17.2 Å². The maximum absolute atomic E-state index is 12.7. The van der Waals surface area contributed by atoms with Crippen molar-refractivity contribution in [1.82, 2.24) is 14.5 Å². The van der Waals surface area contributed by atoms with Crippen molar-refractivity contribution in [3.05, 3.63) is 33.3 Å². The highest BCUT2D eigenvalue weighted by Gasteiger charge is 2.24. The number of alkyl halides is 2. The Morgan fingerprint density at radius 2 is 2.13 bits per heavy atom. The van der Waals surface area contributed by atoms with E-state index in [9.17, 15) is 17.2 Å². The molecule has 1 aliphatic carbocycles. The number of hydrogen-bond donors (Lipinski definition) is 1. The summed E-state index contributed by atoms with van der Waals surface area (Å²) in [5, 5.41) is 3.44. The molecule has 23 heavy (non-hydrogen) atoms. The molecule has 5 nitrogen and oxygen atoms in total. The molecule has 0 amide bonds. The van der Waals surface area contributed by atoms with Crippen LogP contribution in [0.4, 0.5) is 8.78 Å². The van der Waals surface area contributed by atoms with E-state index < -0.39 is 16.6 Å². The summed E-state index contributed by atoms with van der Waals surface area (Å²) in [6.07, 6.45) is 5.39. The zero-order valence-electron chi connectivity index (χ0n) is 12.6. The molecular formula is C14H17F2N3O2S2. The van der Waals surface area contributed by atoms with Gasteiger partial charge in [0.2, 0.25) is 10.0 Å². The van der Waals surface area contributed by atoms with Crippen molar-refractivity contribution in [3.63, 3.8) is 0 Å². The molecule has 1 N–H and O–H groups in total. The first kappa shape index (κ1) is 16.5. The zero-order chi connectivity index (χ0) is 16.6. The Balaban J connectivity index is 1.75. The topological polar surface area (TPSA) is 64.0 Å². The van der Waals surface area contributed by atoms with Crippen LogP contribution >= 0.6 is 11.3 Å². The molecule has 0 fully saturated rings. The van der Waals surface area contributed by atoms with Gasteiger partial charge in [-0.05, 0) is 44.2 Å². The lowest BCUT2D eigenvalue weighted by molar-refractivity contribution is 0.0541. The minimum Gasteiger partial charge on any atom is -0.207 e. The van der Waals surface area contributed by atoms with E-state index in [1.807, 2.05) is 6.07 Å². The second-order valence-corrected chi connectivity index (χ2v) is 8.47. The van der Waals surface area contributed by atoms with Crippen LogP contribution < -0.4 is 4.72 Å². The van der Waals surface area contributed by atoms with E-state index in [2.05, 4.69) is 9.82 Å². The molecule has 0 spiro atoms. The molecule has 9 heteroatoms. The third-order valence-corrected chi connectivity index (χ3v) is 6.70. The highest BCUT2D eigenvalue weighted by Crippen LogP contribution is 2.30. The van der Waals surface area contributed by atoms with E-state index in [0.717, 1.165) is 23.9 Å². The number of hydrogen-bond acceptors (Lipinski definition) is 4. The lowest BCUT2D eigenvalue weighted by Crippen LogP contribution is -2.23. The fourth-order valence-corrected chi connectivity index (χ4v) is 5.21. The molecule has 0 saturated heterocycles. The summed E-state index contributed by atoms with van der Waals surface area (Å²) < 4.78 is 52.9. The first-order chi connectivity index (χ1) is 10.9. The first-order valence-electron chi connectivity index (χ1n) is 7.31. The van der Waals surface area contributed by atoms with E-state index >= 15 is 0 Å². The fourth-order valence-electron chi connectivity index (χ4n) is 2.75. The summed E-state index contributed by atoms with van der Waals surface area (Å²) in [7, 11) is -3.86. The van der Waals surface area contributed by atoms with E-state index in [-0.39, 0.29) is 17.1 Å². The molecule has 2 heterocycles. The summed E-state index contributed by atoms with van der Waals surface area (Å²) in [6.45, 7) is -1.38. The summed E-state index contributed by atoms with van der Waals surface area (Å²) >= 11 is 1.62. The Morgan fingerprint density at radius 3 is 2.78 bits per heavy atom. The predicted molar refractivity (Wildman–Crippen MR) is 83.2 cm³/mol. The van der Waals surface area contributed by atoms with E-state index in [4.69, 9.17) is 0 Å². The van der Waals surface area contributed by atoms with Crippen LogP contribution in [0, 0.1) is 6.92 Å². The smallest absolute Gasteiger partial charge is 0.207 e. The molecule has 0 unspecified atom stereocenters. The summed E-state index contributed by atoms with van der Waals surface area (Å²) in [5.74, 6) is 0. The van der Waals surface area contributed by atoms with Crippen LogP contribution in [0.5, 0.6) is 0 Å². The molecule has 0 bridgehead atoms. The van der Waals surface area contributed by atoms with Gasteiger partial charge in [-0.15, -0.1) is 11.3 Å². The van der Waals surface area contributed by atoms with E-state index in [0.29, 0.717) is 4.68 Å². The monoisotopic (exact) mass is 361 g/mol. The number of sulfonamides is 1. The number of thiophene rings is 1. The highest BCUT2D eigenvalue weighted by atomic mass is 32.2. The third-order valence-electron chi connectivity index (χ3n) is 3.96. The van der Waals surface area contributed by atoms with Crippen molar-refractivity contribution >= 4 is 21.4 Å². The first-order valence-corrected chi connectivity index (χ1v) is 9.61. The maximum Gasteiger partial charge on any atom is 0.333 e. The van der Waals surface area contributed by atoms with E-state index in [1.54, 1.807) is 11.3 Å². The average Bonchev–Trinajstić information content (AvgIpc) is 3.08. The largest absolute Gasteiger partial charge is 0.333 e. The molecule has 3 rings (SSSR count). The molecular weight excluding hydrogens is 344 g/mol. The standard InChI is InChI=1S/C14H17F2N3O2S2/c1-9-13(8-17-19(9)14(15)16)23(20,21)18-7-11-6-10-4-2-3-5-12(10)22-11/h6,8,14,18H,2-5,7H2,1H3. The number of fused-ring (bicyclic) bond motifs is 1. The van der Waals surface area contributed by atoms with Gasteiger partial charge in [0.15, 0.2) is 0 Å². The SMILES string of the molecule is Cc1c(S(=O)(=O)NCc2cc3c(s2)CCCC3)cnn1C(F)F. The number of nitrogens with zero attached hydrogens (tertiary/aromatic N) is 2. The molecule has 0 aliphatic heterocycles. The van der Waals surface area contributed by atoms with E-state index in [1.165, 1.54) is 30.2 Å². The van der Waals surface area contributed by atoms with Crippen LogP contribution in [0.1, 0.15) is 40.4 Å². The summed E-state index contributed by atoms with van der Waals surface area (Å²) in [6, 6.07) is 2.04. The van der Waals surface area contributed by atoms with Gasteiger partial charge in [0, 0.05) is 16.3 Å². The molecule has 1 aliphatic rings. The summed E-state index contributed by atoms with van der Waals surface area (Å²) in [5.41, 5.74) is 1.23. The van der Waals surface area contributed by atoms with Gasteiger partial charge < -0.3 is 0 Å². The van der Waals surface area contributed by atoms with Crippen LogP contribution in [0.2, 0.25) is 0 Å². The second kappa shape index (κ2) is 6.29. The molecule has 0 radical (unpaired) electrons. The van der Waals surface area contributed by atoms with Crippen molar-refractivity contribution in [2.24, 2.45) is 0 Å². The van der Waals surface area contributed by atoms with Crippen molar-refractivity contribution < 1.29 is 17.2 Å². The van der Waals surface area contributed by atoms with Crippen LogP contribution in [-0.4, -0.2) is 18.2 Å². The lowest BCUT2D eigenvalue weighted by Gasteiger charge is -2.08. The van der Waals surface area contributed by atoms with Gasteiger partial charge in [0.1, 0.15) is 4.90 Å². The third kappa shape index (κ3) is 3.31. The van der Waals surface area contributed by atoms with Crippen LogP contribution in [0.3, 0.4) is 0 Å². The van der Waals surface area contributed by atoms with Gasteiger partial charge in [0.05, 0.1) is 11.9 Å². The Labute approximate surface area is 137 Å². The lowest BCUT2D eigenvalue weighted by atomic mass is 9.99. The minimum absolute atomic E-state index is 0.0713. The molecule has 2 aromatic heterocycles. The molecule has 0 atom stereocenters. The summed E-state index contributed by atoms with van der Waals surface area (Å²) in [4.78, 5) is 2.06. The van der Waals surface area contributed by atoms with Gasteiger partial charge in [-0.25, -0.2) is 17.8 Å². The Bertz CT molecular complexity index is 789. The van der Waals surface area contributed by atoms with Crippen molar-refractivity contribution in [2.45, 2.75) is 50.6 Å². The predicted octanol–water partition coefficient (Wildman–Crippen LogP) is 3.01. The van der Waals surface area contributed by atoms with Crippen LogP contribution in [-0.2, 0) is 29.4 Å². The Kier molecular flexibility index (Phi) is 4.52. The Hall–Kier alpha value is -1.32. The average molecular weight is 361 g/mol. The number of halogens is 2. The Morgan fingerprint density at radius 1 is 1.39 bits per heavy atom. The number of aromatic nitrogens is 2. The van der Waals surface area contributed by atoms with Crippen LogP contribution in [0.25, 0.3) is 0 Å². The van der Waals surface area contributed by atoms with Gasteiger partial charge >= 0.3 is 6.55 Å². The zero-order valence-corrected chi connectivity index (χ0v) is 14.2. The van der Waals surface area contributed by atoms with Gasteiger partial charge in [-0.3, -0.25) is 0 Å². The van der Waals surface area contributed by atoms with Crippen molar-refractivity contribution in [1.29, 1.82) is 0 Å². The molecule has 0 saturated carbocycles. The molecule has 126 valence electrons. The molecule has 2 aromatic rings. The van der Waals surface area contributed by atoms with Gasteiger partial charge in [-0.2, -0.15) is 13.9 Å². The maximum atomic E-state index is 12.7. The number of nitrogens with one attached hydrogen (secondary N) is 1. The van der Waals surface area contributed by atoms with Crippen molar-refractivity contribution in [3.8, 4) is 0 Å². The molecule has 0 aromatic carbocycles. The van der Waals surface area contributed by atoms with Crippen molar-refractivity contribution in [2.75, 3.05) is 0 Å².